The zero-order valence-corrected chi connectivity index (χ0v) is 5.94. The molecule has 0 spiro atoms. The molecule has 50 valence electrons. The van der Waals surface area contributed by atoms with E-state index in [1.165, 1.54) is 12.1 Å². The Morgan fingerprint density at radius 1 is 1.67 bits per heavy atom. The third-order valence-corrected chi connectivity index (χ3v) is 1.43. The van der Waals surface area contributed by atoms with Gasteiger partial charge in [-0.1, -0.05) is 13.3 Å². The van der Waals surface area contributed by atoms with E-state index in [1.807, 2.05) is 6.92 Å². The van der Waals surface area contributed by atoms with Crippen molar-refractivity contribution in [2.24, 2.45) is 0 Å². The molecule has 0 aliphatic carbocycles. The van der Waals surface area contributed by atoms with Crippen molar-refractivity contribution < 1.29 is 0 Å². The molecule has 0 fully saturated rings. The van der Waals surface area contributed by atoms with Crippen molar-refractivity contribution >= 4 is 0 Å². The first-order chi connectivity index (χ1) is 4.34. The van der Waals surface area contributed by atoms with Gasteiger partial charge in [-0.3, -0.25) is 0 Å². The third-order valence-electron chi connectivity index (χ3n) is 1.43. The lowest BCUT2D eigenvalue weighted by atomic mass is 10.2. The number of nitrogens with zero attached hydrogens (tertiary/aromatic N) is 1. The first-order valence-corrected chi connectivity index (χ1v) is 3.33. The molecule has 2 heteroatoms. The van der Waals surface area contributed by atoms with Gasteiger partial charge in [-0.2, -0.15) is 0 Å². The van der Waals surface area contributed by atoms with Gasteiger partial charge in [0.1, 0.15) is 0 Å². The minimum absolute atomic E-state index is 1.12. The molecule has 0 aliphatic heterocycles. The summed E-state index contributed by atoms with van der Waals surface area (Å²) in [7, 11) is 0. The molecule has 1 N–H and O–H groups in total. The van der Waals surface area contributed by atoms with Crippen LogP contribution >= 0.6 is 0 Å². The van der Waals surface area contributed by atoms with E-state index in [1.54, 1.807) is 6.33 Å². The summed E-state index contributed by atoms with van der Waals surface area (Å²) in [5, 5.41) is 0. The highest BCUT2D eigenvalue weighted by Crippen LogP contribution is 2.02. The number of aromatic amines is 1. The summed E-state index contributed by atoms with van der Waals surface area (Å²) in [5.41, 5.74) is 2.41. The molecule has 0 saturated heterocycles. The topological polar surface area (TPSA) is 28.7 Å². The highest BCUT2D eigenvalue weighted by Gasteiger charge is 1.95. The van der Waals surface area contributed by atoms with E-state index in [4.69, 9.17) is 0 Å². The molecule has 0 amide bonds. The highest BCUT2D eigenvalue weighted by atomic mass is 14.9. The lowest BCUT2D eigenvalue weighted by Crippen LogP contribution is -1.85. The zero-order chi connectivity index (χ0) is 6.69. The Labute approximate surface area is 55.3 Å². The highest BCUT2D eigenvalue weighted by molar-refractivity contribution is 5.08. The summed E-state index contributed by atoms with van der Waals surface area (Å²) < 4.78 is 0. The van der Waals surface area contributed by atoms with Crippen molar-refractivity contribution in [3.63, 3.8) is 0 Å². The largest absolute Gasteiger partial charge is 0.348 e. The van der Waals surface area contributed by atoms with Gasteiger partial charge < -0.3 is 4.98 Å². The van der Waals surface area contributed by atoms with Crippen LogP contribution in [-0.4, -0.2) is 9.97 Å². The van der Waals surface area contributed by atoms with Gasteiger partial charge in [-0.25, -0.2) is 4.98 Å². The van der Waals surface area contributed by atoms with Gasteiger partial charge in [0.05, 0.1) is 12.0 Å². The minimum Gasteiger partial charge on any atom is -0.348 e. The Morgan fingerprint density at radius 3 is 2.89 bits per heavy atom. The van der Waals surface area contributed by atoms with E-state index in [0.29, 0.717) is 0 Å². The lowest BCUT2D eigenvalue weighted by Gasteiger charge is -1.91. The van der Waals surface area contributed by atoms with Crippen molar-refractivity contribution in [3.8, 4) is 0 Å². The second-order valence-electron chi connectivity index (χ2n) is 2.22. The monoisotopic (exact) mass is 124 g/mol. The number of aromatic nitrogens is 2. The summed E-state index contributed by atoms with van der Waals surface area (Å²) in [6.07, 6.45) is 4.05. The van der Waals surface area contributed by atoms with Crippen molar-refractivity contribution in [3.05, 3.63) is 17.7 Å². The summed E-state index contributed by atoms with van der Waals surface area (Å²) in [6, 6.07) is 0. The third kappa shape index (κ3) is 1.31. The molecule has 1 rings (SSSR count). The number of aryl methyl sites for hydroxylation is 2. The average molecular weight is 124 g/mol. The molecule has 0 atom stereocenters. The summed E-state index contributed by atoms with van der Waals surface area (Å²) in [6.45, 7) is 4.20. The normalized spacial score (nSPS) is 10.0. The van der Waals surface area contributed by atoms with Gasteiger partial charge in [0.2, 0.25) is 0 Å². The van der Waals surface area contributed by atoms with Crippen molar-refractivity contribution in [2.45, 2.75) is 26.7 Å². The molecule has 0 unspecified atom stereocenters. The number of nitrogens with one attached hydrogen (secondary N) is 1. The molecular weight excluding hydrogens is 112 g/mol. The van der Waals surface area contributed by atoms with Gasteiger partial charge in [-0.15, -0.1) is 0 Å². The van der Waals surface area contributed by atoms with Gasteiger partial charge in [0.25, 0.3) is 0 Å². The Morgan fingerprint density at radius 2 is 2.44 bits per heavy atom. The predicted octanol–water partition coefficient (Wildman–Crippen LogP) is 1.67. The van der Waals surface area contributed by atoms with E-state index >= 15 is 0 Å². The maximum atomic E-state index is 4.08. The predicted molar refractivity (Wildman–Crippen MR) is 37.3 cm³/mol. The Balaban J connectivity index is 2.69. The minimum atomic E-state index is 1.12. The quantitative estimate of drug-likeness (QED) is 0.638. The van der Waals surface area contributed by atoms with Crippen molar-refractivity contribution in [1.82, 2.24) is 9.97 Å². The summed E-state index contributed by atoms with van der Waals surface area (Å²) >= 11 is 0. The van der Waals surface area contributed by atoms with Crippen LogP contribution in [0.2, 0.25) is 0 Å². The van der Waals surface area contributed by atoms with Crippen LogP contribution in [0.3, 0.4) is 0 Å². The number of hydrogen-bond acceptors (Lipinski definition) is 1. The van der Waals surface area contributed by atoms with E-state index < -0.39 is 0 Å². The van der Waals surface area contributed by atoms with Crippen LogP contribution in [0.5, 0.6) is 0 Å². The first kappa shape index (κ1) is 6.33. The van der Waals surface area contributed by atoms with E-state index in [2.05, 4.69) is 16.9 Å². The van der Waals surface area contributed by atoms with Crippen LogP contribution in [-0.2, 0) is 6.42 Å². The molecule has 9 heavy (non-hydrogen) atoms. The van der Waals surface area contributed by atoms with E-state index in [0.717, 1.165) is 12.1 Å². The van der Waals surface area contributed by atoms with Crippen LogP contribution < -0.4 is 0 Å². The fraction of sp³-hybridized carbons (Fsp3) is 0.571. The van der Waals surface area contributed by atoms with Gasteiger partial charge in [0, 0.05) is 5.69 Å². The fourth-order valence-electron chi connectivity index (χ4n) is 0.892. The Hall–Kier alpha value is -0.790. The summed E-state index contributed by atoms with van der Waals surface area (Å²) in [4.78, 5) is 7.17. The average Bonchev–Trinajstić information content (AvgIpc) is 2.18. The summed E-state index contributed by atoms with van der Waals surface area (Å²) in [5.74, 6) is 0. The van der Waals surface area contributed by atoms with Crippen molar-refractivity contribution in [1.29, 1.82) is 0 Å². The fourth-order valence-corrected chi connectivity index (χ4v) is 0.892. The number of rotatable bonds is 2. The molecule has 1 aromatic heterocycles. The van der Waals surface area contributed by atoms with Crippen LogP contribution in [0.25, 0.3) is 0 Å². The molecular formula is C7H12N2. The molecule has 0 aliphatic rings. The smallest absolute Gasteiger partial charge is 0.0925 e. The molecule has 2 nitrogen and oxygen atoms in total. The van der Waals surface area contributed by atoms with E-state index in [9.17, 15) is 0 Å². The van der Waals surface area contributed by atoms with Crippen LogP contribution in [0, 0.1) is 6.92 Å². The maximum Gasteiger partial charge on any atom is 0.0925 e. The van der Waals surface area contributed by atoms with Crippen molar-refractivity contribution in [2.75, 3.05) is 0 Å². The van der Waals surface area contributed by atoms with E-state index in [-0.39, 0.29) is 0 Å². The van der Waals surface area contributed by atoms with Gasteiger partial charge in [-0.05, 0) is 13.3 Å². The Kier molecular flexibility index (Phi) is 1.88. The molecule has 0 radical (unpaired) electrons. The maximum absolute atomic E-state index is 4.08. The second kappa shape index (κ2) is 2.67. The lowest BCUT2D eigenvalue weighted by molar-refractivity contribution is 0.882. The van der Waals surface area contributed by atoms with Crippen LogP contribution in [0.1, 0.15) is 24.7 Å². The standard InChI is InChI=1S/C7H12N2/c1-3-4-7-6(2)8-5-9-7/h5H,3-4H2,1-2H3,(H,8,9). The zero-order valence-electron chi connectivity index (χ0n) is 5.94. The molecule has 1 heterocycles. The molecule has 1 aromatic rings. The molecule has 0 bridgehead atoms. The first-order valence-electron chi connectivity index (χ1n) is 3.33. The number of hydrogen-bond donors (Lipinski definition) is 1. The van der Waals surface area contributed by atoms with Gasteiger partial charge >= 0.3 is 0 Å². The number of H-pyrrole nitrogens is 1. The number of imidazole rings is 1. The van der Waals surface area contributed by atoms with Crippen LogP contribution in [0.15, 0.2) is 6.33 Å². The van der Waals surface area contributed by atoms with Gasteiger partial charge in [0.15, 0.2) is 0 Å². The second-order valence-corrected chi connectivity index (χ2v) is 2.22. The molecule has 0 aromatic carbocycles. The SMILES string of the molecule is CCCc1[nH]cnc1C. The Bertz CT molecular complexity index is 179. The molecule has 0 saturated carbocycles. The van der Waals surface area contributed by atoms with Crippen LogP contribution in [0.4, 0.5) is 0 Å².